The van der Waals surface area contributed by atoms with Crippen LogP contribution in [0.4, 0.5) is 0 Å². The number of furan rings is 1. The van der Waals surface area contributed by atoms with E-state index in [0.717, 1.165) is 37.8 Å². The van der Waals surface area contributed by atoms with Crippen molar-refractivity contribution in [2.45, 2.75) is 51.4 Å². The Morgan fingerprint density at radius 1 is 1.42 bits per heavy atom. The minimum absolute atomic E-state index is 0.470. The van der Waals surface area contributed by atoms with Crippen molar-refractivity contribution >= 4 is 0 Å². The lowest BCUT2D eigenvalue weighted by atomic mass is 10.1. The molecule has 1 N–H and O–H groups in total. The second-order valence-electron chi connectivity index (χ2n) is 5.70. The molecule has 1 saturated carbocycles. The normalized spacial score (nSPS) is 27.7. The van der Waals surface area contributed by atoms with Gasteiger partial charge >= 0.3 is 0 Å². The molecule has 2 aliphatic rings. The third-order valence-corrected chi connectivity index (χ3v) is 4.39. The Balaban J connectivity index is 1.69. The maximum Gasteiger partial charge on any atom is 0.118 e. The fourth-order valence-corrected chi connectivity index (χ4v) is 3.43. The molecule has 0 radical (unpaired) electrons. The zero-order chi connectivity index (χ0) is 13.2. The van der Waals surface area contributed by atoms with E-state index in [1.807, 2.05) is 7.05 Å². The van der Waals surface area contributed by atoms with Crippen LogP contribution in [0.25, 0.3) is 0 Å². The molecule has 2 heterocycles. The SMILES string of the molecule is CNCc1cc(CN2CCOC3CCCC32)c(C)o1. The Morgan fingerprint density at radius 3 is 3.16 bits per heavy atom. The van der Waals surface area contributed by atoms with Crippen LogP contribution in [0.15, 0.2) is 10.5 Å². The summed E-state index contributed by atoms with van der Waals surface area (Å²) in [5, 5.41) is 3.14. The highest BCUT2D eigenvalue weighted by atomic mass is 16.5. The highest BCUT2D eigenvalue weighted by molar-refractivity contribution is 5.21. The molecule has 2 fully saturated rings. The topological polar surface area (TPSA) is 37.6 Å². The van der Waals surface area contributed by atoms with Crippen molar-refractivity contribution in [2.75, 3.05) is 20.2 Å². The number of nitrogens with zero attached hydrogens (tertiary/aromatic N) is 1. The summed E-state index contributed by atoms with van der Waals surface area (Å²) in [6, 6.07) is 2.82. The maximum atomic E-state index is 5.87. The number of rotatable bonds is 4. The van der Waals surface area contributed by atoms with Crippen molar-refractivity contribution < 1.29 is 9.15 Å². The molecule has 4 nitrogen and oxygen atoms in total. The van der Waals surface area contributed by atoms with Crippen molar-refractivity contribution in [2.24, 2.45) is 0 Å². The lowest BCUT2D eigenvalue weighted by molar-refractivity contribution is -0.0589. The Morgan fingerprint density at radius 2 is 2.32 bits per heavy atom. The Hall–Kier alpha value is -0.840. The Kier molecular flexibility index (Phi) is 3.91. The highest BCUT2D eigenvalue weighted by Gasteiger charge is 2.36. The standard InChI is InChI=1S/C15H24N2O2/c1-11-12(8-13(19-11)9-16-2)10-17-6-7-18-15-5-3-4-14(15)17/h8,14-16H,3-7,9-10H2,1-2H3. The van der Waals surface area contributed by atoms with Crippen LogP contribution in [0, 0.1) is 6.92 Å². The molecule has 2 atom stereocenters. The molecular weight excluding hydrogens is 240 g/mol. The van der Waals surface area contributed by atoms with Gasteiger partial charge in [-0.15, -0.1) is 0 Å². The van der Waals surface area contributed by atoms with Crippen LogP contribution in [0.2, 0.25) is 0 Å². The molecule has 0 bridgehead atoms. The van der Waals surface area contributed by atoms with E-state index in [1.165, 1.54) is 24.8 Å². The molecule has 1 aliphatic carbocycles. The van der Waals surface area contributed by atoms with Crippen molar-refractivity contribution in [1.29, 1.82) is 0 Å². The molecular formula is C15H24N2O2. The van der Waals surface area contributed by atoms with Gasteiger partial charge in [0.1, 0.15) is 11.5 Å². The summed E-state index contributed by atoms with van der Waals surface area (Å²) < 4.78 is 11.7. The molecule has 4 heteroatoms. The molecule has 2 unspecified atom stereocenters. The van der Waals surface area contributed by atoms with E-state index in [9.17, 15) is 0 Å². The average molecular weight is 264 g/mol. The van der Waals surface area contributed by atoms with Crippen LogP contribution in [0.3, 0.4) is 0 Å². The molecule has 1 aliphatic heterocycles. The van der Waals surface area contributed by atoms with Crippen LogP contribution in [-0.2, 0) is 17.8 Å². The van der Waals surface area contributed by atoms with E-state index in [2.05, 4.69) is 23.2 Å². The van der Waals surface area contributed by atoms with Gasteiger partial charge in [-0.3, -0.25) is 4.90 Å². The van der Waals surface area contributed by atoms with E-state index in [4.69, 9.17) is 9.15 Å². The van der Waals surface area contributed by atoms with Gasteiger partial charge in [-0.1, -0.05) is 0 Å². The van der Waals surface area contributed by atoms with Crippen LogP contribution >= 0.6 is 0 Å². The number of aryl methyl sites for hydroxylation is 1. The van der Waals surface area contributed by atoms with E-state index in [-0.39, 0.29) is 0 Å². The van der Waals surface area contributed by atoms with E-state index in [0.29, 0.717) is 12.1 Å². The number of morpholine rings is 1. The predicted molar refractivity (Wildman–Crippen MR) is 74.0 cm³/mol. The number of ether oxygens (including phenoxy) is 1. The number of hydrogen-bond acceptors (Lipinski definition) is 4. The van der Waals surface area contributed by atoms with Crippen molar-refractivity contribution in [1.82, 2.24) is 10.2 Å². The summed E-state index contributed by atoms with van der Waals surface area (Å²) in [6.07, 6.45) is 4.29. The summed E-state index contributed by atoms with van der Waals surface area (Å²) in [6.45, 7) is 5.80. The van der Waals surface area contributed by atoms with E-state index >= 15 is 0 Å². The summed E-state index contributed by atoms with van der Waals surface area (Å²) in [5.41, 5.74) is 1.33. The lowest BCUT2D eigenvalue weighted by Crippen LogP contribution is -2.47. The second-order valence-corrected chi connectivity index (χ2v) is 5.70. The Labute approximate surface area is 115 Å². The molecule has 19 heavy (non-hydrogen) atoms. The van der Waals surface area contributed by atoms with E-state index in [1.54, 1.807) is 0 Å². The van der Waals surface area contributed by atoms with Gasteiger partial charge in [0.2, 0.25) is 0 Å². The molecule has 106 valence electrons. The van der Waals surface area contributed by atoms with Crippen LogP contribution in [0.5, 0.6) is 0 Å². The second kappa shape index (κ2) is 5.65. The molecule has 3 rings (SSSR count). The van der Waals surface area contributed by atoms with Gasteiger partial charge in [-0.05, 0) is 39.3 Å². The first-order valence-corrected chi connectivity index (χ1v) is 7.36. The Bertz CT molecular complexity index is 430. The molecule has 1 aromatic rings. The highest BCUT2D eigenvalue weighted by Crippen LogP contribution is 2.31. The van der Waals surface area contributed by atoms with Gasteiger partial charge in [0.25, 0.3) is 0 Å². The fraction of sp³-hybridized carbons (Fsp3) is 0.733. The van der Waals surface area contributed by atoms with Gasteiger partial charge in [0, 0.05) is 24.7 Å². The first-order chi connectivity index (χ1) is 9.28. The molecule has 0 aromatic carbocycles. The van der Waals surface area contributed by atoms with Crippen LogP contribution < -0.4 is 5.32 Å². The summed E-state index contributed by atoms with van der Waals surface area (Å²) >= 11 is 0. The van der Waals surface area contributed by atoms with Gasteiger partial charge in [0.05, 0.1) is 19.3 Å². The summed E-state index contributed by atoms with van der Waals surface area (Å²) in [4.78, 5) is 2.59. The predicted octanol–water partition coefficient (Wildman–Crippen LogP) is 2.06. The van der Waals surface area contributed by atoms with Crippen molar-refractivity contribution in [3.63, 3.8) is 0 Å². The van der Waals surface area contributed by atoms with Gasteiger partial charge in [0.15, 0.2) is 0 Å². The van der Waals surface area contributed by atoms with E-state index < -0.39 is 0 Å². The van der Waals surface area contributed by atoms with Gasteiger partial charge in [-0.2, -0.15) is 0 Å². The zero-order valence-electron chi connectivity index (χ0n) is 11.9. The molecule has 0 amide bonds. The minimum atomic E-state index is 0.470. The average Bonchev–Trinajstić information content (AvgIpc) is 2.98. The first kappa shape index (κ1) is 13.2. The monoisotopic (exact) mass is 264 g/mol. The number of nitrogens with one attached hydrogen (secondary N) is 1. The summed E-state index contributed by atoms with van der Waals surface area (Å²) in [5.74, 6) is 2.09. The van der Waals surface area contributed by atoms with Gasteiger partial charge < -0.3 is 14.5 Å². The van der Waals surface area contributed by atoms with Crippen molar-refractivity contribution in [3.8, 4) is 0 Å². The maximum absolute atomic E-state index is 5.87. The van der Waals surface area contributed by atoms with Gasteiger partial charge in [-0.25, -0.2) is 0 Å². The van der Waals surface area contributed by atoms with Crippen molar-refractivity contribution in [3.05, 3.63) is 23.2 Å². The number of fused-ring (bicyclic) bond motifs is 1. The summed E-state index contributed by atoms with van der Waals surface area (Å²) in [7, 11) is 1.95. The third kappa shape index (κ3) is 2.71. The largest absolute Gasteiger partial charge is 0.465 e. The quantitative estimate of drug-likeness (QED) is 0.903. The zero-order valence-corrected chi connectivity index (χ0v) is 11.9. The lowest BCUT2D eigenvalue weighted by Gasteiger charge is -2.37. The smallest absolute Gasteiger partial charge is 0.118 e. The first-order valence-electron chi connectivity index (χ1n) is 7.36. The van der Waals surface area contributed by atoms with Crippen LogP contribution in [0.1, 0.15) is 36.3 Å². The molecule has 0 spiro atoms. The fourth-order valence-electron chi connectivity index (χ4n) is 3.43. The molecule has 1 saturated heterocycles. The minimum Gasteiger partial charge on any atom is -0.465 e. The molecule has 1 aromatic heterocycles. The number of hydrogen-bond donors (Lipinski definition) is 1. The van der Waals surface area contributed by atoms with Crippen LogP contribution in [-0.4, -0.2) is 37.2 Å². The third-order valence-electron chi connectivity index (χ3n) is 4.39.